The average Bonchev–Trinajstić information content (AvgIpc) is 2.36. The van der Waals surface area contributed by atoms with Crippen LogP contribution in [0.1, 0.15) is 24.2 Å². The number of hydrogen-bond donors (Lipinski definition) is 2. The predicted octanol–water partition coefficient (Wildman–Crippen LogP) is 2.60. The highest BCUT2D eigenvalue weighted by atomic mass is 32.2. The number of amides is 1. The Morgan fingerprint density at radius 1 is 1.35 bits per heavy atom. The Morgan fingerprint density at radius 2 is 2.00 bits per heavy atom. The summed E-state index contributed by atoms with van der Waals surface area (Å²) < 4.78 is 0. The summed E-state index contributed by atoms with van der Waals surface area (Å²) in [7, 11) is 1.86. The molecule has 1 aromatic rings. The lowest BCUT2D eigenvalue weighted by atomic mass is 10.2. The van der Waals surface area contributed by atoms with Crippen molar-refractivity contribution in [2.75, 3.05) is 23.9 Å². The van der Waals surface area contributed by atoms with E-state index >= 15 is 0 Å². The molecule has 3 nitrogen and oxygen atoms in total. The zero-order valence-corrected chi connectivity index (χ0v) is 11.4. The summed E-state index contributed by atoms with van der Waals surface area (Å²) >= 11 is 1.83. The van der Waals surface area contributed by atoms with Gasteiger partial charge in [-0.05, 0) is 36.9 Å². The van der Waals surface area contributed by atoms with Gasteiger partial charge in [0.1, 0.15) is 0 Å². The minimum Gasteiger partial charge on any atom is -0.388 e. The maximum atomic E-state index is 11.9. The van der Waals surface area contributed by atoms with E-state index in [4.69, 9.17) is 0 Å². The Kier molecular flexibility index (Phi) is 5.91. The molecule has 2 N–H and O–H groups in total. The van der Waals surface area contributed by atoms with E-state index in [1.807, 2.05) is 50.0 Å². The molecule has 0 heterocycles. The molecule has 0 bridgehead atoms. The summed E-state index contributed by atoms with van der Waals surface area (Å²) in [6, 6.07) is 7.68. The van der Waals surface area contributed by atoms with Gasteiger partial charge in [-0.25, -0.2) is 0 Å². The third kappa shape index (κ3) is 4.69. The van der Waals surface area contributed by atoms with Crippen LogP contribution in [0.15, 0.2) is 24.3 Å². The van der Waals surface area contributed by atoms with Crippen LogP contribution in [-0.4, -0.2) is 30.5 Å². The van der Waals surface area contributed by atoms with Crippen molar-refractivity contribution in [3.63, 3.8) is 0 Å². The van der Waals surface area contributed by atoms with Gasteiger partial charge < -0.3 is 10.6 Å². The number of nitrogens with one attached hydrogen (secondary N) is 2. The second-order valence-corrected chi connectivity index (χ2v) is 5.18. The Balaban J connectivity index is 2.51. The smallest absolute Gasteiger partial charge is 0.251 e. The summed E-state index contributed by atoms with van der Waals surface area (Å²) in [5, 5.41) is 6.02. The standard InChI is InChI=1S/C13H20N2OS/c1-4-17-9-10(2)15-13(16)11-5-7-12(14-3)8-6-11/h5-8,10,14H,4,9H2,1-3H3,(H,15,16). The number of carbonyl (C=O) groups is 1. The molecule has 1 aromatic carbocycles. The molecular formula is C13H20N2OS. The minimum atomic E-state index is -0.00291. The molecule has 1 amide bonds. The van der Waals surface area contributed by atoms with Gasteiger partial charge >= 0.3 is 0 Å². The van der Waals surface area contributed by atoms with Crippen LogP contribution in [0.4, 0.5) is 5.69 Å². The Bertz CT molecular complexity index is 351. The lowest BCUT2D eigenvalue weighted by molar-refractivity contribution is 0.0944. The largest absolute Gasteiger partial charge is 0.388 e. The SMILES string of the molecule is CCSCC(C)NC(=O)c1ccc(NC)cc1. The Hall–Kier alpha value is -1.16. The first kappa shape index (κ1) is 13.9. The monoisotopic (exact) mass is 252 g/mol. The fourth-order valence-corrected chi connectivity index (χ4v) is 2.10. The number of thioether (sulfide) groups is 1. The van der Waals surface area contributed by atoms with E-state index in [1.54, 1.807) is 0 Å². The number of rotatable bonds is 6. The second kappa shape index (κ2) is 7.22. The summed E-state index contributed by atoms with van der Waals surface area (Å²) in [6.45, 7) is 4.15. The molecule has 1 atom stereocenters. The van der Waals surface area contributed by atoms with Crippen LogP contribution in [-0.2, 0) is 0 Å². The van der Waals surface area contributed by atoms with E-state index in [0.717, 1.165) is 17.2 Å². The second-order valence-electron chi connectivity index (χ2n) is 3.86. The maximum absolute atomic E-state index is 11.9. The lowest BCUT2D eigenvalue weighted by Crippen LogP contribution is -2.34. The molecule has 1 rings (SSSR count). The predicted molar refractivity (Wildman–Crippen MR) is 75.9 cm³/mol. The number of benzene rings is 1. The molecular weight excluding hydrogens is 232 g/mol. The van der Waals surface area contributed by atoms with Crippen LogP contribution in [0, 0.1) is 0 Å². The molecule has 17 heavy (non-hydrogen) atoms. The molecule has 0 saturated heterocycles. The molecule has 0 aliphatic rings. The van der Waals surface area contributed by atoms with Crippen LogP contribution in [0.5, 0.6) is 0 Å². The van der Waals surface area contributed by atoms with Crippen molar-refractivity contribution in [1.29, 1.82) is 0 Å². The summed E-state index contributed by atoms with van der Waals surface area (Å²) in [6.07, 6.45) is 0. The summed E-state index contributed by atoms with van der Waals surface area (Å²) in [5.74, 6) is 2.03. The van der Waals surface area contributed by atoms with Crippen LogP contribution >= 0.6 is 11.8 Å². The van der Waals surface area contributed by atoms with E-state index in [1.165, 1.54) is 0 Å². The van der Waals surface area contributed by atoms with Crippen LogP contribution in [0.2, 0.25) is 0 Å². The first-order valence-corrected chi connectivity index (χ1v) is 6.99. The number of anilines is 1. The lowest BCUT2D eigenvalue weighted by Gasteiger charge is -2.13. The zero-order valence-electron chi connectivity index (χ0n) is 10.6. The fraction of sp³-hybridized carbons (Fsp3) is 0.462. The van der Waals surface area contributed by atoms with E-state index in [-0.39, 0.29) is 11.9 Å². The Labute approximate surface area is 107 Å². The molecule has 0 spiro atoms. The van der Waals surface area contributed by atoms with E-state index < -0.39 is 0 Å². The van der Waals surface area contributed by atoms with Gasteiger partial charge in [-0.2, -0.15) is 11.8 Å². The van der Waals surface area contributed by atoms with E-state index in [9.17, 15) is 4.79 Å². The molecule has 0 radical (unpaired) electrons. The van der Waals surface area contributed by atoms with Gasteiger partial charge in [-0.15, -0.1) is 0 Å². The van der Waals surface area contributed by atoms with Crippen LogP contribution in [0.3, 0.4) is 0 Å². The van der Waals surface area contributed by atoms with Gasteiger partial charge in [0, 0.05) is 30.1 Å². The molecule has 0 fully saturated rings. The molecule has 0 saturated carbocycles. The van der Waals surface area contributed by atoms with Crippen molar-refractivity contribution in [3.05, 3.63) is 29.8 Å². The topological polar surface area (TPSA) is 41.1 Å². The van der Waals surface area contributed by atoms with Gasteiger partial charge in [-0.1, -0.05) is 6.92 Å². The Morgan fingerprint density at radius 3 is 2.53 bits per heavy atom. The highest BCUT2D eigenvalue weighted by molar-refractivity contribution is 7.99. The summed E-state index contributed by atoms with van der Waals surface area (Å²) in [5.41, 5.74) is 1.72. The van der Waals surface area contributed by atoms with Crippen molar-refractivity contribution in [1.82, 2.24) is 5.32 Å². The maximum Gasteiger partial charge on any atom is 0.251 e. The highest BCUT2D eigenvalue weighted by Gasteiger charge is 2.09. The van der Waals surface area contributed by atoms with Gasteiger partial charge in [0.25, 0.3) is 5.91 Å². The van der Waals surface area contributed by atoms with Crippen LogP contribution < -0.4 is 10.6 Å². The van der Waals surface area contributed by atoms with Gasteiger partial charge in [0.2, 0.25) is 0 Å². The molecule has 0 aliphatic heterocycles. The van der Waals surface area contributed by atoms with Crippen molar-refractivity contribution in [3.8, 4) is 0 Å². The highest BCUT2D eigenvalue weighted by Crippen LogP contribution is 2.09. The van der Waals surface area contributed by atoms with Gasteiger partial charge in [-0.3, -0.25) is 4.79 Å². The van der Waals surface area contributed by atoms with Crippen molar-refractivity contribution in [2.45, 2.75) is 19.9 Å². The van der Waals surface area contributed by atoms with Gasteiger partial charge in [0.15, 0.2) is 0 Å². The quantitative estimate of drug-likeness (QED) is 0.817. The first-order valence-electron chi connectivity index (χ1n) is 5.83. The van der Waals surface area contributed by atoms with Crippen molar-refractivity contribution >= 4 is 23.4 Å². The third-order valence-corrected chi connectivity index (χ3v) is 3.53. The van der Waals surface area contributed by atoms with E-state index in [0.29, 0.717) is 5.56 Å². The minimum absolute atomic E-state index is 0.00291. The molecule has 0 aromatic heterocycles. The fourth-order valence-electron chi connectivity index (χ4n) is 1.43. The average molecular weight is 252 g/mol. The van der Waals surface area contributed by atoms with Gasteiger partial charge in [0.05, 0.1) is 0 Å². The third-order valence-electron chi connectivity index (χ3n) is 2.39. The first-order chi connectivity index (χ1) is 8.17. The van der Waals surface area contributed by atoms with Crippen molar-refractivity contribution in [2.24, 2.45) is 0 Å². The molecule has 4 heteroatoms. The zero-order chi connectivity index (χ0) is 12.7. The normalized spacial score (nSPS) is 11.9. The number of carbonyl (C=O) groups excluding carboxylic acids is 1. The molecule has 1 unspecified atom stereocenters. The molecule has 0 aliphatic carbocycles. The summed E-state index contributed by atoms with van der Waals surface area (Å²) in [4.78, 5) is 11.9. The number of hydrogen-bond acceptors (Lipinski definition) is 3. The van der Waals surface area contributed by atoms with Crippen LogP contribution in [0.25, 0.3) is 0 Å². The molecule has 94 valence electrons. The van der Waals surface area contributed by atoms with E-state index in [2.05, 4.69) is 17.6 Å². The van der Waals surface area contributed by atoms with Crippen molar-refractivity contribution < 1.29 is 4.79 Å².